The number of carbonyl (C=O) groups excluding carboxylic acids is 3. The summed E-state index contributed by atoms with van der Waals surface area (Å²) >= 11 is 0. The molecule has 0 bridgehead atoms. The average Bonchev–Trinajstić information content (AvgIpc) is 3.17. The van der Waals surface area contributed by atoms with Gasteiger partial charge in [-0.05, 0) is 45.0 Å². The lowest BCUT2D eigenvalue weighted by molar-refractivity contribution is 0.0982. The highest BCUT2D eigenvalue weighted by Gasteiger charge is 2.22. The third-order valence-electron chi connectivity index (χ3n) is 4.70. The SMILES string of the molecule is COc1cc2c(C(C)=O)c(C)n(Cc3ccc(C(C)=O)o3)c2cc1C(C)=O. The van der Waals surface area contributed by atoms with Gasteiger partial charge in [0.1, 0.15) is 11.5 Å². The molecule has 3 aromatic rings. The minimum absolute atomic E-state index is 0.0715. The minimum atomic E-state index is -0.150. The Labute approximate surface area is 156 Å². The number of fused-ring (bicyclic) bond motifs is 1. The van der Waals surface area contributed by atoms with Gasteiger partial charge in [-0.3, -0.25) is 14.4 Å². The maximum absolute atomic E-state index is 12.3. The Hall–Kier alpha value is -3.15. The minimum Gasteiger partial charge on any atom is -0.496 e. The summed E-state index contributed by atoms with van der Waals surface area (Å²) in [5.74, 6) is 0.973. The first kappa shape index (κ1) is 18.6. The first-order valence-corrected chi connectivity index (χ1v) is 8.57. The lowest BCUT2D eigenvalue weighted by atomic mass is 10.0. The van der Waals surface area contributed by atoms with E-state index in [1.807, 2.05) is 11.5 Å². The highest BCUT2D eigenvalue weighted by Crippen LogP contribution is 2.33. The topological polar surface area (TPSA) is 78.5 Å². The van der Waals surface area contributed by atoms with E-state index in [2.05, 4.69) is 0 Å². The summed E-state index contributed by atoms with van der Waals surface area (Å²) in [4.78, 5) is 35.8. The summed E-state index contributed by atoms with van der Waals surface area (Å²) in [7, 11) is 1.50. The van der Waals surface area contributed by atoms with E-state index >= 15 is 0 Å². The Morgan fingerprint density at radius 2 is 1.74 bits per heavy atom. The first-order chi connectivity index (χ1) is 12.7. The molecule has 0 amide bonds. The van der Waals surface area contributed by atoms with Crippen molar-refractivity contribution in [2.24, 2.45) is 0 Å². The Morgan fingerprint density at radius 3 is 2.26 bits per heavy atom. The van der Waals surface area contributed by atoms with E-state index in [1.54, 1.807) is 24.3 Å². The van der Waals surface area contributed by atoms with E-state index in [1.165, 1.54) is 27.9 Å². The summed E-state index contributed by atoms with van der Waals surface area (Å²) < 4.78 is 12.9. The van der Waals surface area contributed by atoms with Crippen molar-refractivity contribution >= 4 is 28.3 Å². The zero-order chi connectivity index (χ0) is 19.9. The van der Waals surface area contributed by atoms with Crippen LogP contribution in [0.25, 0.3) is 10.9 Å². The van der Waals surface area contributed by atoms with Crippen molar-refractivity contribution in [1.29, 1.82) is 0 Å². The van der Waals surface area contributed by atoms with Crippen molar-refractivity contribution in [2.45, 2.75) is 34.2 Å². The molecule has 3 rings (SSSR count). The molecule has 0 N–H and O–H groups in total. The second-order valence-electron chi connectivity index (χ2n) is 6.55. The van der Waals surface area contributed by atoms with Crippen LogP contribution in [-0.2, 0) is 6.54 Å². The quantitative estimate of drug-likeness (QED) is 0.610. The van der Waals surface area contributed by atoms with Crippen molar-refractivity contribution in [3.63, 3.8) is 0 Å². The highest BCUT2D eigenvalue weighted by molar-refractivity contribution is 6.11. The molecule has 140 valence electrons. The van der Waals surface area contributed by atoms with Crippen molar-refractivity contribution in [3.8, 4) is 5.75 Å². The molecule has 2 heterocycles. The highest BCUT2D eigenvalue weighted by atomic mass is 16.5. The number of hydrogen-bond donors (Lipinski definition) is 0. The number of carbonyl (C=O) groups is 3. The van der Waals surface area contributed by atoms with Crippen molar-refractivity contribution in [3.05, 3.63) is 52.6 Å². The van der Waals surface area contributed by atoms with Gasteiger partial charge in [-0.25, -0.2) is 0 Å². The van der Waals surface area contributed by atoms with Crippen LogP contribution in [0, 0.1) is 6.92 Å². The number of ketones is 3. The fourth-order valence-corrected chi connectivity index (χ4v) is 3.40. The molecule has 0 aliphatic carbocycles. The molecule has 0 saturated carbocycles. The predicted molar refractivity (Wildman–Crippen MR) is 101 cm³/mol. The van der Waals surface area contributed by atoms with Crippen molar-refractivity contribution in [1.82, 2.24) is 4.57 Å². The van der Waals surface area contributed by atoms with Gasteiger partial charge < -0.3 is 13.7 Å². The molecule has 0 aliphatic rings. The summed E-state index contributed by atoms with van der Waals surface area (Å²) in [5, 5.41) is 0.722. The van der Waals surface area contributed by atoms with Crippen LogP contribution in [0.5, 0.6) is 5.75 Å². The first-order valence-electron chi connectivity index (χ1n) is 8.57. The predicted octanol–water partition coefficient (Wildman–Crippen LogP) is 4.21. The van der Waals surface area contributed by atoms with E-state index in [0.29, 0.717) is 29.2 Å². The second kappa shape index (κ2) is 6.87. The molecule has 0 unspecified atom stereocenters. The van der Waals surface area contributed by atoms with Gasteiger partial charge in [0.2, 0.25) is 0 Å². The molecule has 1 aromatic carbocycles. The van der Waals surface area contributed by atoms with Crippen LogP contribution in [0.1, 0.15) is 63.5 Å². The molecule has 2 aromatic heterocycles. The van der Waals surface area contributed by atoms with Gasteiger partial charge in [-0.15, -0.1) is 0 Å². The molecular weight excluding hydrogens is 346 g/mol. The molecule has 0 spiro atoms. The van der Waals surface area contributed by atoms with E-state index in [4.69, 9.17) is 9.15 Å². The second-order valence-corrected chi connectivity index (χ2v) is 6.55. The number of Topliss-reactive ketones (excluding diaryl/α,β-unsaturated/α-hetero) is 3. The zero-order valence-corrected chi connectivity index (χ0v) is 16.0. The van der Waals surface area contributed by atoms with E-state index in [0.717, 1.165) is 16.6 Å². The molecule has 0 atom stereocenters. The van der Waals surface area contributed by atoms with Gasteiger partial charge in [0.15, 0.2) is 23.1 Å². The maximum atomic E-state index is 12.3. The summed E-state index contributed by atoms with van der Waals surface area (Å²) in [6.07, 6.45) is 0. The van der Waals surface area contributed by atoms with E-state index in [9.17, 15) is 14.4 Å². The number of nitrogens with zero attached hydrogens (tertiary/aromatic N) is 1. The molecule has 0 saturated heterocycles. The molecule has 27 heavy (non-hydrogen) atoms. The number of aromatic nitrogens is 1. The average molecular weight is 367 g/mol. The Morgan fingerprint density at radius 1 is 1.04 bits per heavy atom. The number of methoxy groups -OCH3 is 1. The van der Waals surface area contributed by atoms with Gasteiger partial charge in [0, 0.05) is 23.6 Å². The molecule has 0 fully saturated rings. The van der Waals surface area contributed by atoms with Gasteiger partial charge in [-0.2, -0.15) is 0 Å². The lowest BCUT2D eigenvalue weighted by Crippen LogP contribution is -2.04. The van der Waals surface area contributed by atoms with Gasteiger partial charge in [-0.1, -0.05) is 0 Å². The molecular formula is C21H21NO5. The van der Waals surface area contributed by atoms with Crippen LogP contribution in [-0.4, -0.2) is 29.0 Å². The van der Waals surface area contributed by atoms with Crippen LogP contribution in [0.4, 0.5) is 0 Å². The molecule has 0 aliphatic heterocycles. The van der Waals surface area contributed by atoms with Crippen LogP contribution in [0.2, 0.25) is 0 Å². The number of ether oxygens (including phenoxy) is 1. The third kappa shape index (κ3) is 3.18. The number of rotatable bonds is 6. The van der Waals surface area contributed by atoms with Gasteiger partial charge in [0.25, 0.3) is 0 Å². The Kier molecular flexibility index (Phi) is 4.74. The monoisotopic (exact) mass is 367 g/mol. The zero-order valence-electron chi connectivity index (χ0n) is 16.0. The molecule has 0 radical (unpaired) electrons. The summed E-state index contributed by atoms with van der Waals surface area (Å²) in [6, 6.07) is 6.85. The maximum Gasteiger partial charge on any atom is 0.194 e. The number of hydrogen-bond acceptors (Lipinski definition) is 5. The molecule has 6 heteroatoms. The number of benzene rings is 1. The third-order valence-corrected chi connectivity index (χ3v) is 4.70. The van der Waals surface area contributed by atoms with Crippen molar-refractivity contribution in [2.75, 3.05) is 7.11 Å². The van der Waals surface area contributed by atoms with Gasteiger partial charge in [0.05, 0.1) is 24.7 Å². The van der Waals surface area contributed by atoms with Crippen molar-refractivity contribution < 1.29 is 23.5 Å². The van der Waals surface area contributed by atoms with E-state index in [-0.39, 0.29) is 23.1 Å². The van der Waals surface area contributed by atoms with Crippen LogP contribution < -0.4 is 4.74 Å². The van der Waals surface area contributed by atoms with Gasteiger partial charge >= 0.3 is 0 Å². The van der Waals surface area contributed by atoms with E-state index < -0.39 is 0 Å². The largest absolute Gasteiger partial charge is 0.496 e. The lowest BCUT2D eigenvalue weighted by Gasteiger charge is -2.09. The fourth-order valence-electron chi connectivity index (χ4n) is 3.40. The van der Waals surface area contributed by atoms with Crippen LogP contribution >= 0.6 is 0 Å². The van der Waals surface area contributed by atoms with Crippen LogP contribution in [0.15, 0.2) is 28.7 Å². The Balaban J connectivity index is 2.25. The fraction of sp³-hybridized carbons (Fsp3) is 0.286. The Bertz CT molecular complexity index is 1080. The smallest absolute Gasteiger partial charge is 0.194 e. The molecule has 6 nitrogen and oxygen atoms in total. The number of furan rings is 1. The normalized spacial score (nSPS) is 11.0. The van der Waals surface area contributed by atoms with Crippen LogP contribution in [0.3, 0.4) is 0 Å². The summed E-state index contributed by atoms with van der Waals surface area (Å²) in [5.41, 5.74) is 2.53. The summed E-state index contributed by atoms with van der Waals surface area (Å²) in [6.45, 7) is 6.62. The standard InChI is InChI=1S/C21H21NO5/c1-11-21(14(4)25)17-9-20(26-5)16(12(2)23)8-18(17)22(11)10-15-6-7-19(27-15)13(3)24/h6-9H,10H2,1-5H3.